The first kappa shape index (κ1) is 9.52. The molecule has 0 radical (unpaired) electrons. The summed E-state index contributed by atoms with van der Waals surface area (Å²) in [5.74, 6) is 0.615. The first-order valence-electron chi connectivity index (χ1n) is 4.43. The Bertz CT molecular complexity index is 183. The van der Waals surface area contributed by atoms with Gasteiger partial charge in [0.2, 0.25) is 5.91 Å². The number of nitrogens with zero attached hydrogens (tertiary/aromatic N) is 1. The molecule has 0 aliphatic carbocycles. The summed E-state index contributed by atoms with van der Waals surface area (Å²) in [5.41, 5.74) is -0.122. The van der Waals surface area contributed by atoms with Crippen molar-refractivity contribution in [2.45, 2.75) is 13.8 Å². The lowest BCUT2D eigenvalue weighted by atomic mass is 9.70. The Kier molecular flexibility index (Phi) is 2.42. The van der Waals surface area contributed by atoms with Gasteiger partial charge in [-0.05, 0) is 13.0 Å². The summed E-state index contributed by atoms with van der Waals surface area (Å²) in [5, 5.41) is 2.74. The van der Waals surface area contributed by atoms with Gasteiger partial charge in [-0.15, -0.1) is 0 Å². The molecule has 1 fully saturated rings. The highest BCUT2D eigenvalue weighted by Crippen LogP contribution is 2.36. The second-order valence-electron chi connectivity index (χ2n) is 4.06. The van der Waals surface area contributed by atoms with Gasteiger partial charge in [0.1, 0.15) is 0 Å². The van der Waals surface area contributed by atoms with Crippen LogP contribution in [0.5, 0.6) is 0 Å². The molecule has 1 aliphatic heterocycles. The van der Waals surface area contributed by atoms with Gasteiger partial charge in [0.25, 0.3) is 0 Å². The molecular weight excluding hydrogens is 152 g/mol. The van der Waals surface area contributed by atoms with Crippen LogP contribution >= 0.6 is 0 Å². The lowest BCUT2D eigenvalue weighted by molar-refractivity contribution is -0.144. The molecule has 12 heavy (non-hydrogen) atoms. The molecule has 0 aromatic rings. The van der Waals surface area contributed by atoms with Gasteiger partial charge < -0.3 is 10.2 Å². The highest BCUT2D eigenvalue weighted by Gasteiger charge is 2.49. The molecule has 0 aromatic heterocycles. The molecule has 0 bridgehead atoms. The minimum absolute atomic E-state index is 0.122. The van der Waals surface area contributed by atoms with Crippen LogP contribution in [0.2, 0.25) is 0 Å². The first-order chi connectivity index (χ1) is 5.53. The van der Waals surface area contributed by atoms with Gasteiger partial charge in [-0.3, -0.25) is 4.79 Å². The summed E-state index contributed by atoms with van der Waals surface area (Å²) in [4.78, 5) is 13.7. The summed E-state index contributed by atoms with van der Waals surface area (Å²) >= 11 is 0. The zero-order valence-electron chi connectivity index (χ0n) is 8.35. The van der Waals surface area contributed by atoms with E-state index in [1.807, 2.05) is 7.05 Å². The van der Waals surface area contributed by atoms with Crippen molar-refractivity contribution in [2.75, 3.05) is 27.2 Å². The van der Waals surface area contributed by atoms with E-state index < -0.39 is 0 Å². The number of nitrogens with one attached hydrogen (secondary N) is 1. The van der Waals surface area contributed by atoms with Crippen molar-refractivity contribution in [2.24, 2.45) is 11.3 Å². The molecule has 1 rings (SSSR count). The summed E-state index contributed by atoms with van der Waals surface area (Å²) in [6, 6.07) is 0. The maximum atomic E-state index is 11.6. The van der Waals surface area contributed by atoms with Crippen molar-refractivity contribution in [1.82, 2.24) is 10.2 Å². The molecule has 1 heterocycles. The average molecular weight is 170 g/mol. The molecule has 0 unspecified atom stereocenters. The van der Waals surface area contributed by atoms with Gasteiger partial charge in [-0.2, -0.15) is 0 Å². The lowest BCUT2D eigenvalue weighted by Gasteiger charge is -2.49. The molecule has 3 heteroatoms. The standard InChI is InChI=1S/C9H18N2O/c1-7(2)9(8(12)10-3)5-11(4)6-9/h7H,5-6H2,1-4H3,(H,10,12). The highest BCUT2D eigenvalue weighted by molar-refractivity contribution is 5.84. The Morgan fingerprint density at radius 2 is 2.00 bits per heavy atom. The summed E-state index contributed by atoms with van der Waals surface area (Å²) < 4.78 is 0. The van der Waals surface area contributed by atoms with E-state index in [1.165, 1.54) is 0 Å². The molecule has 1 saturated heterocycles. The van der Waals surface area contributed by atoms with Gasteiger partial charge in [0, 0.05) is 20.1 Å². The maximum absolute atomic E-state index is 11.6. The predicted octanol–water partition coefficient (Wildman–Crippen LogP) is 0.320. The third-order valence-electron chi connectivity index (χ3n) is 2.89. The van der Waals surface area contributed by atoms with Gasteiger partial charge in [0.05, 0.1) is 5.41 Å². The van der Waals surface area contributed by atoms with Crippen molar-refractivity contribution in [3.8, 4) is 0 Å². The van der Waals surface area contributed by atoms with Crippen LogP contribution in [0.1, 0.15) is 13.8 Å². The van der Waals surface area contributed by atoms with E-state index >= 15 is 0 Å². The van der Waals surface area contributed by atoms with Crippen LogP contribution in [0.15, 0.2) is 0 Å². The number of likely N-dealkylation sites (tertiary alicyclic amines) is 1. The van der Waals surface area contributed by atoms with Crippen molar-refractivity contribution in [3.63, 3.8) is 0 Å². The Morgan fingerprint density at radius 3 is 2.25 bits per heavy atom. The normalized spacial score (nSPS) is 22.1. The number of hydrogen-bond acceptors (Lipinski definition) is 2. The SMILES string of the molecule is CNC(=O)C1(C(C)C)CN(C)C1. The Hall–Kier alpha value is -0.570. The van der Waals surface area contributed by atoms with Crippen molar-refractivity contribution in [1.29, 1.82) is 0 Å². The smallest absolute Gasteiger partial charge is 0.228 e. The molecule has 70 valence electrons. The van der Waals surface area contributed by atoms with E-state index in [-0.39, 0.29) is 11.3 Å². The third-order valence-corrected chi connectivity index (χ3v) is 2.89. The Labute approximate surface area is 74.1 Å². The van der Waals surface area contributed by atoms with Gasteiger partial charge in [-0.1, -0.05) is 13.8 Å². The van der Waals surface area contributed by atoms with Crippen molar-refractivity contribution < 1.29 is 4.79 Å². The van der Waals surface area contributed by atoms with Crippen LogP contribution < -0.4 is 5.32 Å². The van der Waals surface area contributed by atoms with E-state index in [9.17, 15) is 4.79 Å². The van der Waals surface area contributed by atoms with Gasteiger partial charge in [-0.25, -0.2) is 0 Å². The summed E-state index contributed by atoms with van der Waals surface area (Å²) in [6.45, 7) is 6.01. The monoisotopic (exact) mass is 170 g/mol. The van der Waals surface area contributed by atoms with Gasteiger partial charge >= 0.3 is 0 Å². The Balaban J connectivity index is 2.69. The van der Waals surface area contributed by atoms with Crippen molar-refractivity contribution >= 4 is 5.91 Å². The largest absolute Gasteiger partial charge is 0.359 e. The van der Waals surface area contributed by atoms with Crippen LogP contribution in [-0.2, 0) is 4.79 Å². The fourth-order valence-electron chi connectivity index (χ4n) is 1.94. The van der Waals surface area contributed by atoms with Gasteiger partial charge in [0.15, 0.2) is 0 Å². The maximum Gasteiger partial charge on any atom is 0.228 e. The second-order valence-corrected chi connectivity index (χ2v) is 4.06. The zero-order valence-corrected chi connectivity index (χ0v) is 8.35. The zero-order chi connectivity index (χ0) is 9.35. The fraction of sp³-hybridized carbons (Fsp3) is 0.889. The predicted molar refractivity (Wildman–Crippen MR) is 48.8 cm³/mol. The molecule has 3 nitrogen and oxygen atoms in total. The van der Waals surface area contributed by atoms with E-state index in [2.05, 4.69) is 24.1 Å². The van der Waals surface area contributed by atoms with E-state index in [0.29, 0.717) is 5.92 Å². The topological polar surface area (TPSA) is 32.3 Å². The molecule has 0 saturated carbocycles. The molecule has 0 aromatic carbocycles. The van der Waals surface area contributed by atoms with E-state index in [0.717, 1.165) is 13.1 Å². The highest BCUT2D eigenvalue weighted by atomic mass is 16.2. The quantitative estimate of drug-likeness (QED) is 0.647. The molecular formula is C9H18N2O. The number of carbonyl (C=O) groups is 1. The number of hydrogen-bond donors (Lipinski definition) is 1. The lowest BCUT2D eigenvalue weighted by Crippen LogP contribution is -2.63. The van der Waals surface area contributed by atoms with Crippen molar-refractivity contribution in [3.05, 3.63) is 0 Å². The second kappa shape index (κ2) is 3.05. The summed E-state index contributed by atoms with van der Waals surface area (Å²) in [7, 11) is 3.76. The van der Waals surface area contributed by atoms with E-state index in [4.69, 9.17) is 0 Å². The molecule has 0 atom stereocenters. The number of carbonyl (C=O) groups excluding carboxylic acids is 1. The van der Waals surface area contributed by atoms with Crippen LogP contribution in [0.25, 0.3) is 0 Å². The first-order valence-corrected chi connectivity index (χ1v) is 4.43. The Morgan fingerprint density at radius 1 is 1.50 bits per heavy atom. The minimum atomic E-state index is -0.122. The van der Waals surface area contributed by atoms with Crippen LogP contribution in [0, 0.1) is 11.3 Å². The molecule has 1 N–H and O–H groups in total. The summed E-state index contributed by atoms with van der Waals surface area (Å²) in [6.07, 6.45) is 0. The number of rotatable bonds is 2. The molecule has 1 aliphatic rings. The van der Waals surface area contributed by atoms with Crippen LogP contribution in [-0.4, -0.2) is 38.0 Å². The average Bonchev–Trinajstić information content (AvgIpc) is 1.96. The van der Waals surface area contributed by atoms with Crippen LogP contribution in [0.4, 0.5) is 0 Å². The minimum Gasteiger partial charge on any atom is -0.359 e. The third kappa shape index (κ3) is 1.22. The fourth-order valence-corrected chi connectivity index (χ4v) is 1.94. The molecule has 1 amide bonds. The number of amides is 1. The molecule has 0 spiro atoms. The van der Waals surface area contributed by atoms with Crippen LogP contribution in [0.3, 0.4) is 0 Å². The van der Waals surface area contributed by atoms with E-state index in [1.54, 1.807) is 7.05 Å².